The number of para-hydroxylation sites is 2. The highest BCUT2D eigenvalue weighted by Crippen LogP contribution is 2.34. The Morgan fingerprint density at radius 1 is 0.368 bits per heavy atom. The molecule has 0 saturated carbocycles. The Labute approximate surface area is 219 Å². The van der Waals surface area contributed by atoms with E-state index in [1.807, 2.05) is 24.8 Å². The lowest BCUT2D eigenvalue weighted by Gasteiger charge is -2.11. The van der Waals surface area contributed by atoms with Crippen molar-refractivity contribution >= 4 is 43.6 Å². The van der Waals surface area contributed by atoms with Crippen molar-refractivity contribution in [2.45, 2.75) is 0 Å². The average molecular weight is 487 g/mol. The quantitative estimate of drug-likeness (QED) is 0.252. The highest BCUT2D eigenvalue weighted by Gasteiger charge is 2.13. The van der Waals surface area contributed by atoms with Gasteiger partial charge in [0, 0.05) is 45.3 Å². The van der Waals surface area contributed by atoms with Gasteiger partial charge < -0.3 is 9.13 Å². The summed E-state index contributed by atoms with van der Waals surface area (Å²) < 4.78 is 4.59. The van der Waals surface area contributed by atoms with Gasteiger partial charge in [0.1, 0.15) is 0 Å². The summed E-state index contributed by atoms with van der Waals surface area (Å²) in [6.45, 7) is 0. The van der Waals surface area contributed by atoms with E-state index in [2.05, 4.69) is 128 Å². The third kappa shape index (κ3) is 3.04. The van der Waals surface area contributed by atoms with Crippen LogP contribution in [0.4, 0.5) is 0 Å². The van der Waals surface area contributed by atoms with E-state index in [4.69, 9.17) is 0 Å². The normalized spacial score (nSPS) is 11.7. The maximum atomic E-state index is 4.40. The molecule has 178 valence electrons. The van der Waals surface area contributed by atoms with Gasteiger partial charge in [0.15, 0.2) is 0 Å². The van der Waals surface area contributed by atoms with E-state index in [-0.39, 0.29) is 0 Å². The van der Waals surface area contributed by atoms with Gasteiger partial charge in [0.25, 0.3) is 0 Å². The summed E-state index contributed by atoms with van der Waals surface area (Å²) in [5.41, 5.74) is 9.23. The van der Waals surface area contributed by atoms with Gasteiger partial charge in [-0.15, -0.1) is 0 Å². The van der Waals surface area contributed by atoms with Gasteiger partial charge in [-0.1, -0.05) is 60.7 Å². The Hall–Kier alpha value is -5.22. The van der Waals surface area contributed by atoms with E-state index in [1.54, 1.807) is 0 Å². The molecule has 0 aliphatic rings. The smallest absolute Gasteiger partial charge is 0.0724 e. The van der Waals surface area contributed by atoms with Crippen molar-refractivity contribution in [1.82, 2.24) is 19.1 Å². The van der Waals surface area contributed by atoms with E-state index < -0.39 is 0 Å². The molecule has 8 aromatic rings. The average Bonchev–Trinajstić information content (AvgIpc) is 3.51. The summed E-state index contributed by atoms with van der Waals surface area (Å²) in [6.07, 6.45) is 7.63. The van der Waals surface area contributed by atoms with Crippen LogP contribution < -0.4 is 0 Å². The number of hydrogen-bond acceptors (Lipinski definition) is 2. The lowest BCUT2D eigenvalue weighted by atomic mass is 10.0. The lowest BCUT2D eigenvalue weighted by Crippen LogP contribution is -1.95. The summed E-state index contributed by atoms with van der Waals surface area (Å²) in [7, 11) is 0. The van der Waals surface area contributed by atoms with Crippen LogP contribution in [0.2, 0.25) is 0 Å². The molecule has 4 heterocycles. The van der Waals surface area contributed by atoms with Gasteiger partial charge in [-0.3, -0.25) is 9.97 Å². The first-order chi connectivity index (χ1) is 18.9. The summed E-state index contributed by atoms with van der Waals surface area (Å²) in [6, 6.07) is 38.8. The second-order valence-electron chi connectivity index (χ2n) is 9.58. The molecule has 4 aromatic heterocycles. The van der Waals surface area contributed by atoms with Crippen molar-refractivity contribution in [2.24, 2.45) is 0 Å². The highest BCUT2D eigenvalue weighted by molar-refractivity contribution is 6.09. The van der Waals surface area contributed by atoms with E-state index in [0.717, 1.165) is 22.4 Å². The van der Waals surface area contributed by atoms with Crippen LogP contribution in [-0.4, -0.2) is 19.1 Å². The van der Waals surface area contributed by atoms with Crippen LogP contribution in [0, 0.1) is 0 Å². The van der Waals surface area contributed by atoms with Crippen LogP contribution in [-0.2, 0) is 0 Å². The van der Waals surface area contributed by atoms with Crippen LogP contribution in [0.1, 0.15) is 0 Å². The second kappa shape index (κ2) is 8.15. The minimum absolute atomic E-state index is 1.12. The molecule has 0 amide bonds. The van der Waals surface area contributed by atoms with Gasteiger partial charge >= 0.3 is 0 Å². The van der Waals surface area contributed by atoms with Crippen molar-refractivity contribution in [3.63, 3.8) is 0 Å². The number of benzene rings is 4. The predicted octanol–water partition coefficient (Wildman–Crippen LogP) is 8.34. The Bertz CT molecular complexity index is 1850. The first-order valence-corrected chi connectivity index (χ1v) is 12.7. The zero-order chi connectivity index (χ0) is 25.1. The highest BCUT2D eigenvalue weighted by atomic mass is 15.0. The minimum Gasteiger partial charge on any atom is -0.308 e. The summed E-state index contributed by atoms with van der Waals surface area (Å²) in [5, 5.41) is 4.92. The number of aromatic nitrogens is 4. The third-order valence-electron chi connectivity index (χ3n) is 7.54. The molecule has 0 radical (unpaired) electrons. The molecular weight excluding hydrogens is 464 g/mol. The van der Waals surface area contributed by atoms with Crippen LogP contribution in [0.15, 0.2) is 134 Å². The topological polar surface area (TPSA) is 35.6 Å². The van der Waals surface area contributed by atoms with E-state index >= 15 is 0 Å². The maximum absolute atomic E-state index is 4.40. The van der Waals surface area contributed by atoms with Gasteiger partial charge in [-0.05, 0) is 59.7 Å². The Kier molecular flexibility index (Phi) is 4.49. The maximum Gasteiger partial charge on any atom is 0.0724 e. The lowest BCUT2D eigenvalue weighted by molar-refractivity contribution is 1.16. The second-order valence-corrected chi connectivity index (χ2v) is 9.58. The Balaban J connectivity index is 1.20. The molecule has 4 aromatic carbocycles. The van der Waals surface area contributed by atoms with Crippen LogP contribution >= 0.6 is 0 Å². The summed E-state index contributed by atoms with van der Waals surface area (Å²) >= 11 is 0. The summed E-state index contributed by atoms with van der Waals surface area (Å²) in [4.78, 5) is 8.80. The molecule has 0 bridgehead atoms. The fourth-order valence-corrected chi connectivity index (χ4v) is 5.80. The van der Waals surface area contributed by atoms with Gasteiger partial charge in [0.05, 0.1) is 34.5 Å². The monoisotopic (exact) mass is 486 g/mol. The number of fused-ring (bicyclic) bond motifs is 6. The molecule has 0 unspecified atom stereocenters. The van der Waals surface area contributed by atoms with Crippen molar-refractivity contribution < 1.29 is 0 Å². The molecule has 0 aliphatic carbocycles. The van der Waals surface area contributed by atoms with Crippen molar-refractivity contribution in [1.29, 1.82) is 0 Å². The SMILES string of the molecule is c1ccc2c(c1)c1ccncc1n2-c1ccc(-c2ccc(-n3c4ccccc4c4ccncc43)cc2)cc1. The molecule has 0 aliphatic heterocycles. The Morgan fingerprint density at radius 2 is 0.763 bits per heavy atom. The van der Waals surface area contributed by atoms with Crippen molar-refractivity contribution in [3.05, 3.63) is 134 Å². The van der Waals surface area contributed by atoms with Crippen LogP contribution in [0.5, 0.6) is 0 Å². The molecule has 0 fully saturated rings. The molecular formula is C34H22N4. The Morgan fingerprint density at radius 3 is 1.21 bits per heavy atom. The number of rotatable bonds is 3. The fourth-order valence-electron chi connectivity index (χ4n) is 5.80. The molecule has 0 spiro atoms. The third-order valence-corrected chi connectivity index (χ3v) is 7.54. The number of hydrogen-bond donors (Lipinski definition) is 0. The number of nitrogens with zero attached hydrogens (tertiary/aromatic N) is 4. The van der Waals surface area contributed by atoms with Crippen molar-refractivity contribution in [3.8, 4) is 22.5 Å². The molecule has 4 heteroatoms. The van der Waals surface area contributed by atoms with E-state index in [1.165, 1.54) is 43.7 Å². The van der Waals surface area contributed by atoms with Crippen molar-refractivity contribution in [2.75, 3.05) is 0 Å². The molecule has 0 saturated heterocycles. The minimum atomic E-state index is 1.12. The standard InChI is InChI=1S/C34H22N4/c1-3-7-31-27(5-1)29-17-19-35-21-33(29)37(31)25-13-9-23(10-14-25)24-11-15-26(16-12-24)38-32-8-4-2-6-28(32)30-18-20-36-22-34(30)38/h1-22H. The van der Waals surface area contributed by atoms with Gasteiger partial charge in [-0.2, -0.15) is 0 Å². The van der Waals surface area contributed by atoms with Crippen LogP contribution in [0.3, 0.4) is 0 Å². The zero-order valence-electron chi connectivity index (χ0n) is 20.5. The predicted molar refractivity (Wildman–Crippen MR) is 156 cm³/mol. The van der Waals surface area contributed by atoms with E-state index in [9.17, 15) is 0 Å². The first kappa shape index (κ1) is 20.9. The molecule has 0 N–H and O–H groups in total. The van der Waals surface area contributed by atoms with E-state index in [0.29, 0.717) is 0 Å². The molecule has 8 rings (SSSR count). The van der Waals surface area contributed by atoms with Gasteiger partial charge in [0.2, 0.25) is 0 Å². The molecule has 4 nitrogen and oxygen atoms in total. The first-order valence-electron chi connectivity index (χ1n) is 12.7. The fraction of sp³-hybridized carbons (Fsp3) is 0. The molecule has 0 atom stereocenters. The van der Waals surface area contributed by atoms with Gasteiger partial charge in [-0.25, -0.2) is 0 Å². The number of pyridine rings is 2. The van der Waals surface area contributed by atoms with Crippen LogP contribution in [0.25, 0.3) is 66.1 Å². The molecule has 38 heavy (non-hydrogen) atoms. The zero-order valence-corrected chi connectivity index (χ0v) is 20.5. The largest absolute Gasteiger partial charge is 0.308 e. The summed E-state index contributed by atoms with van der Waals surface area (Å²) in [5.74, 6) is 0.